The number of pyridine rings is 1. The van der Waals surface area contributed by atoms with Crippen LogP contribution in [0.3, 0.4) is 0 Å². The van der Waals surface area contributed by atoms with Crippen LogP contribution in [-0.4, -0.2) is 27.7 Å². The van der Waals surface area contributed by atoms with Gasteiger partial charge < -0.3 is 15.6 Å². The van der Waals surface area contributed by atoms with Crippen molar-refractivity contribution in [3.8, 4) is 0 Å². The molecular formula is C19H19FN6. The van der Waals surface area contributed by atoms with E-state index in [0.29, 0.717) is 22.9 Å². The Hall–Kier alpha value is -3.48. The zero-order valence-electron chi connectivity index (χ0n) is 14.5. The molecule has 0 unspecified atom stereocenters. The maximum absolute atomic E-state index is 13.7. The van der Waals surface area contributed by atoms with Crippen molar-refractivity contribution in [2.75, 3.05) is 17.7 Å². The largest absolute Gasteiger partial charge is 0.386 e. The summed E-state index contributed by atoms with van der Waals surface area (Å²) in [5.41, 5.74) is 4.11. The van der Waals surface area contributed by atoms with Crippen LogP contribution in [0.5, 0.6) is 0 Å². The fraction of sp³-hybridized carbons (Fsp3) is 0.105. The second-order valence-corrected chi connectivity index (χ2v) is 5.51. The summed E-state index contributed by atoms with van der Waals surface area (Å²) in [6.07, 6.45) is 4.76. The number of nitrogens with zero attached hydrogens (tertiary/aromatic N) is 3. The smallest absolute Gasteiger partial charge is 0.146 e. The number of aliphatic imine (C=N–C) groups is 1. The predicted octanol–water partition coefficient (Wildman–Crippen LogP) is 4.02. The monoisotopic (exact) mass is 350 g/mol. The molecule has 0 atom stereocenters. The van der Waals surface area contributed by atoms with Crippen molar-refractivity contribution in [1.82, 2.24) is 15.0 Å². The van der Waals surface area contributed by atoms with Crippen LogP contribution >= 0.6 is 0 Å². The molecule has 0 aliphatic rings. The van der Waals surface area contributed by atoms with Crippen LogP contribution in [0.4, 0.5) is 21.6 Å². The Labute approximate surface area is 150 Å². The lowest BCUT2D eigenvalue weighted by molar-refractivity contribution is 0.631. The molecule has 0 saturated carbocycles. The van der Waals surface area contributed by atoms with Gasteiger partial charge in [0.2, 0.25) is 0 Å². The van der Waals surface area contributed by atoms with E-state index in [4.69, 9.17) is 0 Å². The summed E-state index contributed by atoms with van der Waals surface area (Å²) < 4.78 is 13.7. The number of halogens is 1. The first kappa shape index (κ1) is 17.3. The topological polar surface area (TPSA) is 78.0 Å². The highest BCUT2D eigenvalue weighted by Gasteiger charge is 2.17. The molecule has 3 N–H and O–H groups in total. The van der Waals surface area contributed by atoms with Gasteiger partial charge in [0, 0.05) is 36.4 Å². The molecule has 2 heterocycles. The van der Waals surface area contributed by atoms with E-state index >= 15 is 0 Å². The van der Waals surface area contributed by atoms with Gasteiger partial charge in [-0.05, 0) is 37.3 Å². The number of nitrogens with one attached hydrogen (secondary N) is 3. The molecule has 0 spiro atoms. The van der Waals surface area contributed by atoms with Crippen molar-refractivity contribution in [1.29, 1.82) is 0 Å². The maximum Gasteiger partial charge on any atom is 0.146 e. The van der Waals surface area contributed by atoms with Gasteiger partial charge in [-0.25, -0.2) is 14.4 Å². The number of aryl methyl sites for hydroxylation is 1. The zero-order chi connectivity index (χ0) is 18.5. The van der Waals surface area contributed by atoms with Gasteiger partial charge in [0.1, 0.15) is 23.0 Å². The molecule has 132 valence electrons. The molecule has 0 amide bonds. The van der Waals surface area contributed by atoms with Crippen molar-refractivity contribution < 1.29 is 4.39 Å². The van der Waals surface area contributed by atoms with E-state index in [1.807, 2.05) is 19.1 Å². The summed E-state index contributed by atoms with van der Waals surface area (Å²) in [5, 5.41) is 6.05. The van der Waals surface area contributed by atoms with Crippen LogP contribution < -0.4 is 10.6 Å². The van der Waals surface area contributed by atoms with Gasteiger partial charge in [0.25, 0.3) is 0 Å². The summed E-state index contributed by atoms with van der Waals surface area (Å²) in [4.78, 5) is 16.2. The van der Waals surface area contributed by atoms with E-state index in [9.17, 15) is 4.39 Å². The lowest BCUT2D eigenvalue weighted by Crippen LogP contribution is -2.10. The minimum Gasteiger partial charge on any atom is -0.386 e. The van der Waals surface area contributed by atoms with Gasteiger partial charge in [-0.1, -0.05) is 6.58 Å². The van der Waals surface area contributed by atoms with E-state index in [2.05, 4.69) is 37.2 Å². The van der Waals surface area contributed by atoms with Crippen molar-refractivity contribution in [3.63, 3.8) is 0 Å². The highest BCUT2D eigenvalue weighted by atomic mass is 19.1. The van der Waals surface area contributed by atoms with Gasteiger partial charge >= 0.3 is 0 Å². The Morgan fingerprint density at radius 2 is 2.15 bits per heavy atom. The van der Waals surface area contributed by atoms with Crippen molar-refractivity contribution >= 4 is 22.9 Å². The number of imidazole rings is 1. The van der Waals surface area contributed by atoms with Crippen LogP contribution in [0.2, 0.25) is 0 Å². The molecule has 2 aromatic heterocycles. The molecule has 26 heavy (non-hydrogen) atoms. The molecule has 7 heteroatoms. The average Bonchev–Trinajstić information content (AvgIpc) is 3.07. The highest BCUT2D eigenvalue weighted by Crippen LogP contribution is 2.25. The first-order valence-corrected chi connectivity index (χ1v) is 8.02. The third kappa shape index (κ3) is 3.46. The third-order valence-electron chi connectivity index (χ3n) is 3.84. The molecule has 6 nitrogen and oxygen atoms in total. The molecule has 0 aliphatic carbocycles. The van der Waals surface area contributed by atoms with E-state index < -0.39 is 0 Å². The standard InChI is InChI=1S/C19H19FN6/c1-4-22-18(17-12(2)24-11-25-17)14-6-5-9-23-19(14)26-13-7-8-15(20)16(10-13)21-3/h4-11,21H,1H2,2-3H3,(H,23,26)(H,24,25). The summed E-state index contributed by atoms with van der Waals surface area (Å²) in [7, 11) is 1.67. The fourth-order valence-corrected chi connectivity index (χ4v) is 2.57. The summed E-state index contributed by atoms with van der Waals surface area (Å²) in [6.45, 7) is 5.62. The van der Waals surface area contributed by atoms with Crippen LogP contribution in [0.15, 0.2) is 60.6 Å². The average molecular weight is 350 g/mol. The minimum absolute atomic E-state index is 0.319. The van der Waals surface area contributed by atoms with E-state index in [1.165, 1.54) is 12.3 Å². The molecule has 3 aromatic rings. The van der Waals surface area contributed by atoms with Gasteiger partial charge in [0.15, 0.2) is 0 Å². The van der Waals surface area contributed by atoms with Gasteiger partial charge in [-0.2, -0.15) is 0 Å². The number of H-pyrrole nitrogens is 1. The SMILES string of the molecule is C=CN=C(c1cccnc1Nc1ccc(F)c(NC)c1)c1nc[nH]c1C. The number of rotatable bonds is 6. The first-order chi connectivity index (χ1) is 12.6. The lowest BCUT2D eigenvalue weighted by Gasteiger charge is -2.13. The van der Waals surface area contributed by atoms with E-state index in [0.717, 1.165) is 17.0 Å². The number of aromatic nitrogens is 3. The second-order valence-electron chi connectivity index (χ2n) is 5.51. The first-order valence-electron chi connectivity index (χ1n) is 8.02. The van der Waals surface area contributed by atoms with Crippen LogP contribution in [0.1, 0.15) is 17.0 Å². The third-order valence-corrected chi connectivity index (χ3v) is 3.84. The minimum atomic E-state index is -0.319. The van der Waals surface area contributed by atoms with Gasteiger partial charge in [0.05, 0.1) is 12.0 Å². The second kappa shape index (κ2) is 7.60. The number of hydrogen-bond acceptors (Lipinski definition) is 5. The zero-order valence-corrected chi connectivity index (χ0v) is 14.5. The van der Waals surface area contributed by atoms with Crippen LogP contribution in [0.25, 0.3) is 0 Å². The number of benzene rings is 1. The molecule has 0 aliphatic heterocycles. The maximum atomic E-state index is 13.7. The van der Waals surface area contributed by atoms with Crippen molar-refractivity contribution in [3.05, 3.63) is 78.4 Å². The fourth-order valence-electron chi connectivity index (χ4n) is 2.57. The number of aromatic amines is 1. The Morgan fingerprint density at radius 1 is 1.31 bits per heavy atom. The van der Waals surface area contributed by atoms with E-state index in [1.54, 1.807) is 31.7 Å². The molecular weight excluding hydrogens is 331 g/mol. The van der Waals surface area contributed by atoms with Crippen molar-refractivity contribution in [2.45, 2.75) is 6.92 Å². The van der Waals surface area contributed by atoms with E-state index in [-0.39, 0.29) is 5.82 Å². The molecule has 1 aromatic carbocycles. The number of hydrogen-bond donors (Lipinski definition) is 3. The Bertz CT molecular complexity index is 960. The van der Waals surface area contributed by atoms with Gasteiger partial charge in [-0.3, -0.25) is 4.99 Å². The normalized spacial score (nSPS) is 11.3. The molecule has 3 rings (SSSR count). The Morgan fingerprint density at radius 3 is 2.85 bits per heavy atom. The molecule has 0 bridgehead atoms. The molecule has 0 saturated heterocycles. The quantitative estimate of drug-likeness (QED) is 0.587. The lowest BCUT2D eigenvalue weighted by atomic mass is 10.1. The molecule has 0 fully saturated rings. The Kier molecular flexibility index (Phi) is 5.07. The predicted molar refractivity (Wildman–Crippen MR) is 103 cm³/mol. The Balaban J connectivity index is 2.04. The van der Waals surface area contributed by atoms with Crippen molar-refractivity contribution in [2.24, 2.45) is 4.99 Å². The van der Waals surface area contributed by atoms with Crippen LogP contribution in [-0.2, 0) is 0 Å². The number of anilines is 3. The summed E-state index contributed by atoms with van der Waals surface area (Å²) in [6, 6.07) is 8.45. The molecule has 0 radical (unpaired) electrons. The highest BCUT2D eigenvalue weighted by molar-refractivity contribution is 6.15. The van der Waals surface area contributed by atoms with Gasteiger partial charge in [-0.15, -0.1) is 0 Å². The summed E-state index contributed by atoms with van der Waals surface area (Å²) in [5.74, 6) is 0.268. The van der Waals surface area contributed by atoms with Crippen LogP contribution in [0, 0.1) is 12.7 Å². The summed E-state index contributed by atoms with van der Waals surface area (Å²) >= 11 is 0.